The Morgan fingerprint density at radius 1 is 1.20 bits per heavy atom. The molecule has 0 atom stereocenters. The number of carbonyl (C=O) groups is 2. The average Bonchev–Trinajstić information content (AvgIpc) is 3.04. The molecule has 0 bridgehead atoms. The number of carbonyl (C=O) groups excluding carboxylic acids is 2. The second-order valence-corrected chi connectivity index (χ2v) is 7.26. The Kier molecular flexibility index (Phi) is 6.79. The minimum absolute atomic E-state index is 0.0359. The molecule has 2 aromatic rings. The summed E-state index contributed by atoms with van der Waals surface area (Å²) in [6.07, 6.45) is 1.74. The van der Waals surface area contributed by atoms with Crippen LogP contribution in [0, 0.1) is 0 Å². The highest BCUT2D eigenvalue weighted by Crippen LogP contribution is 2.35. The fourth-order valence-electron chi connectivity index (χ4n) is 2.80. The second kappa shape index (κ2) is 9.49. The Labute approximate surface area is 179 Å². The molecule has 1 saturated heterocycles. The van der Waals surface area contributed by atoms with Gasteiger partial charge in [0.2, 0.25) is 0 Å². The standard InChI is InChI=1S/C22H22N2O5S/c1-4-24-20(26)19(13-14-6-11-17(25)18(12-14)28-3)30-22(24)23-16-9-7-15(8-10-16)21(27)29-5-2/h6-13,25H,4-5H2,1-3H3/b19-13-,23-22?. The fourth-order valence-corrected chi connectivity index (χ4v) is 3.86. The number of phenols is 1. The predicted octanol–water partition coefficient (Wildman–Crippen LogP) is 4.20. The summed E-state index contributed by atoms with van der Waals surface area (Å²) in [6.45, 7) is 4.42. The lowest BCUT2D eigenvalue weighted by Gasteiger charge is -2.12. The summed E-state index contributed by atoms with van der Waals surface area (Å²) in [5.41, 5.74) is 1.81. The summed E-state index contributed by atoms with van der Waals surface area (Å²) in [7, 11) is 1.47. The highest BCUT2D eigenvalue weighted by molar-refractivity contribution is 8.18. The number of benzene rings is 2. The molecule has 0 spiro atoms. The molecule has 156 valence electrons. The Bertz CT molecular complexity index is 1010. The molecule has 30 heavy (non-hydrogen) atoms. The molecule has 0 radical (unpaired) electrons. The minimum Gasteiger partial charge on any atom is -0.504 e. The molecule has 1 amide bonds. The van der Waals surface area contributed by atoms with Gasteiger partial charge in [0.25, 0.3) is 5.91 Å². The number of aliphatic imine (C=N–C) groups is 1. The van der Waals surface area contributed by atoms with Crippen molar-refractivity contribution < 1.29 is 24.2 Å². The van der Waals surface area contributed by atoms with Crippen molar-refractivity contribution in [1.29, 1.82) is 0 Å². The molecule has 3 rings (SSSR count). The number of thioether (sulfide) groups is 1. The molecule has 1 fully saturated rings. The number of amidine groups is 1. The number of likely N-dealkylation sites (N-methyl/N-ethyl adjacent to an activating group) is 1. The van der Waals surface area contributed by atoms with Gasteiger partial charge >= 0.3 is 5.97 Å². The highest BCUT2D eigenvalue weighted by Gasteiger charge is 2.32. The molecule has 1 aliphatic heterocycles. The van der Waals surface area contributed by atoms with Crippen molar-refractivity contribution >= 4 is 40.6 Å². The fraction of sp³-hybridized carbons (Fsp3) is 0.227. The Morgan fingerprint density at radius 2 is 1.93 bits per heavy atom. The van der Waals surface area contributed by atoms with Crippen LogP contribution >= 0.6 is 11.8 Å². The van der Waals surface area contributed by atoms with E-state index in [0.29, 0.717) is 40.2 Å². The SMILES string of the molecule is CCOC(=O)c1ccc(N=C2S/C(=C\c3ccc(O)c(OC)c3)C(=O)N2CC)cc1. The summed E-state index contributed by atoms with van der Waals surface area (Å²) in [5, 5.41) is 10.3. The van der Waals surface area contributed by atoms with Crippen LogP contribution in [0.1, 0.15) is 29.8 Å². The first-order valence-electron chi connectivity index (χ1n) is 9.41. The quantitative estimate of drug-likeness (QED) is 0.550. The third kappa shape index (κ3) is 4.65. The summed E-state index contributed by atoms with van der Waals surface area (Å²) >= 11 is 1.27. The first kappa shape index (κ1) is 21.4. The van der Waals surface area contributed by atoms with Gasteiger partial charge in [-0.2, -0.15) is 0 Å². The van der Waals surface area contributed by atoms with E-state index in [9.17, 15) is 14.7 Å². The van der Waals surface area contributed by atoms with E-state index in [4.69, 9.17) is 9.47 Å². The summed E-state index contributed by atoms with van der Waals surface area (Å²) in [6, 6.07) is 11.6. The van der Waals surface area contributed by atoms with Gasteiger partial charge in [-0.3, -0.25) is 9.69 Å². The van der Waals surface area contributed by atoms with Gasteiger partial charge in [0.05, 0.1) is 29.9 Å². The number of rotatable bonds is 6. The molecule has 8 heteroatoms. The van der Waals surface area contributed by atoms with Crippen molar-refractivity contribution in [3.05, 3.63) is 58.5 Å². The van der Waals surface area contributed by atoms with E-state index in [-0.39, 0.29) is 17.6 Å². The van der Waals surface area contributed by atoms with Crippen LogP contribution in [0.2, 0.25) is 0 Å². The van der Waals surface area contributed by atoms with Crippen LogP contribution in [-0.4, -0.2) is 47.3 Å². The number of hydrogen-bond acceptors (Lipinski definition) is 7. The van der Waals surface area contributed by atoms with Crippen LogP contribution < -0.4 is 4.74 Å². The number of aromatic hydroxyl groups is 1. The number of esters is 1. The molecule has 0 unspecified atom stereocenters. The monoisotopic (exact) mass is 426 g/mol. The maximum Gasteiger partial charge on any atom is 0.338 e. The summed E-state index contributed by atoms with van der Waals surface area (Å²) in [4.78, 5) is 31.3. The molecule has 0 saturated carbocycles. The largest absolute Gasteiger partial charge is 0.504 e. The van der Waals surface area contributed by atoms with E-state index in [2.05, 4.69) is 4.99 Å². The molecule has 1 heterocycles. The van der Waals surface area contributed by atoms with E-state index < -0.39 is 0 Å². The zero-order valence-corrected chi connectivity index (χ0v) is 17.7. The average molecular weight is 426 g/mol. The topological polar surface area (TPSA) is 88.4 Å². The first-order valence-corrected chi connectivity index (χ1v) is 10.2. The van der Waals surface area contributed by atoms with Crippen LogP contribution in [0.3, 0.4) is 0 Å². The molecular weight excluding hydrogens is 404 g/mol. The van der Waals surface area contributed by atoms with E-state index in [0.717, 1.165) is 5.56 Å². The van der Waals surface area contributed by atoms with Crippen LogP contribution in [0.15, 0.2) is 52.4 Å². The maximum atomic E-state index is 12.8. The van der Waals surface area contributed by atoms with Gasteiger partial charge in [-0.1, -0.05) is 6.07 Å². The minimum atomic E-state index is -0.383. The lowest BCUT2D eigenvalue weighted by Crippen LogP contribution is -2.28. The number of methoxy groups -OCH3 is 1. The summed E-state index contributed by atoms with van der Waals surface area (Å²) in [5.74, 6) is -0.153. The van der Waals surface area contributed by atoms with E-state index in [1.807, 2.05) is 6.92 Å². The van der Waals surface area contributed by atoms with Crippen molar-refractivity contribution in [2.24, 2.45) is 4.99 Å². The van der Waals surface area contributed by atoms with Crippen LogP contribution in [0.5, 0.6) is 11.5 Å². The molecule has 1 aliphatic rings. The Hall–Kier alpha value is -3.26. The van der Waals surface area contributed by atoms with Gasteiger partial charge in [0, 0.05) is 6.54 Å². The number of nitrogens with zero attached hydrogens (tertiary/aromatic N) is 2. The zero-order valence-electron chi connectivity index (χ0n) is 16.9. The van der Waals surface area contributed by atoms with Crippen molar-refractivity contribution in [3.63, 3.8) is 0 Å². The van der Waals surface area contributed by atoms with Crippen molar-refractivity contribution in [2.75, 3.05) is 20.3 Å². The molecule has 2 aromatic carbocycles. The van der Waals surface area contributed by atoms with E-state index >= 15 is 0 Å². The van der Waals surface area contributed by atoms with Crippen molar-refractivity contribution in [2.45, 2.75) is 13.8 Å². The van der Waals surface area contributed by atoms with E-state index in [1.165, 1.54) is 24.9 Å². The third-order valence-electron chi connectivity index (χ3n) is 4.31. The van der Waals surface area contributed by atoms with Crippen LogP contribution in [0.25, 0.3) is 6.08 Å². The van der Waals surface area contributed by atoms with Gasteiger partial charge in [0.15, 0.2) is 16.7 Å². The Balaban J connectivity index is 1.86. The lowest BCUT2D eigenvalue weighted by molar-refractivity contribution is -0.122. The van der Waals surface area contributed by atoms with Gasteiger partial charge < -0.3 is 14.6 Å². The molecular formula is C22H22N2O5S. The number of hydrogen-bond donors (Lipinski definition) is 1. The third-order valence-corrected chi connectivity index (χ3v) is 5.32. The first-order chi connectivity index (χ1) is 14.5. The number of ether oxygens (including phenoxy) is 2. The normalized spacial score (nSPS) is 16.4. The van der Waals surface area contributed by atoms with Gasteiger partial charge in [-0.15, -0.1) is 0 Å². The second-order valence-electron chi connectivity index (χ2n) is 6.25. The van der Waals surface area contributed by atoms with Crippen molar-refractivity contribution in [3.8, 4) is 11.5 Å². The summed E-state index contributed by atoms with van der Waals surface area (Å²) < 4.78 is 10.1. The molecule has 1 N–H and O–H groups in total. The smallest absolute Gasteiger partial charge is 0.338 e. The zero-order chi connectivity index (χ0) is 21.7. The van der Waals surface area contributed by atoms with Gasteiger partial charge in [-0.05, 0) is 73.6 Å². The maximum absolute atomic E-state index is 12.8. The van der Waals surface area contributed by atoms with Gasteiger partial charge in [0.1, 0.15) is 0 Å². The van der Waals surface area contributed by atoms with E-state index in [1.54, 1.807) is 54.3 Å². The highest BCUT2D eigenvalue weighted by atomic mass is 32.2. The lowest BCUT2D eigenvalue weighted by atomic mass is 10.2. The molecule has 0 aromatic heterocycles. The predicted molar refractivity (Wildman–Crippen MR) is 117 cm³/mol. The molecule has 0 aliphatic carbocycles. The number of phenolic OH excluding ortho intramolecular Hbond substituents is 1. The number of amides is 1. The Morgan fingerprint density at radius 3 is 2.57 bits per heavy atom. The van der Waals surface area contributed by atoms with Crippen molar-refractivity contribution in [1.82, 2.24) is 4.90 Å². The van der Waals surface area contributed by atoms with Crippen LogP contribution in [0.4, 0.5) is 5.69 Å². The molecule has 7 nitrogen and oxygen atoms in total. The van der Waals surface area contributed by atoms with Gasteiger partial charge in [-0.25, -0.2) is 9.79 Å². The van der Waals surface area contributed by atoms with Crippen LogP contribution in [-0.2, 0) is 9.53 Å².